The fraction of sp³-hybridized carbons (Fsp3) is 0.370. The van der Waals surface area contributed by atoms with E-state index in [4.69, 9.17) is 9.47 Å². The van der Waals surface area contributed by atoms with Crippen LogP contribution in [0, 0.1) is 0 Å². The normalized spacial score (nSPS) is 17.9. The highest BCUT2D eigenvalue weighted by atomic mass is 32.2. The summed E-state index contributed by atoms with van der Waals surface area (Å²) in [5.41, 5.74) is 3.51. The van der Waals surface area contributed by atoms with Crippen LogP contribution in [0.5, 0.6) is 5.75 Å². The lowest BCUT2D eigenvalue weighted by Gasteiger charge is -2.26. The zero-order valence-corrected chi connectivity index (χ0v) is 20.7. The van der Waals surface area contributed by atoms with Crippen molar-refractivity contribution in [3.63, 3.8) is 0 Å². The molecule has 5 rings (SSSR count). The minimum atomic E-state index is 0.121. The Balaban J connectivity index is 1.27. The lowest BCUT2D eigenvalue weighted by Crippen LogP contribution is -2.36. The molecule has 1 aromatic heterocycles. The average molecular weight is 491 g/mol. The molecule has 2 aliphatic heterocycles. The topological polar surface area (TPSA) is 69.5 Å². The van der Waals surface area contributed by atoms with Gasteiger partial charge in [-0.2, -0.15) is 0 Å². The second kappa shape index (κ2) is 11.1. The highest BCUT2D eigenvalue weighted by molar-refractivity contribution is 7.99. The monoisotopic (exact) mass is 490 g/mol. The molecule has 1 atom stereocenters. The molecule has 7 nitrogen and oxygen atoms in total. The van der Waals surface area contributed by atoms with Gasteiger partial charge in [-0.15, -0.1) is 10.2 Å². The molecule has 2 aromatic carbocycles. The van der Waals surface area contributed by atoms with E-state index >= 15 is 0 Å². The standard InChI is InChI=1S/C27H30N4O3S/c1-33-23-11-9-22(10-12-23)26-28-29-27(31(26)18-24-8-5-17-34-24)35-19-25(32)30-15-13-21(14-16-30)20-6-3-2-4-7-20/h2-4,6-7,9-13,24H,5,8,14-19H2,1H3/t24-/m0/s1. The van der Waals surface area contributed by atoms with Crippen molar-refractivity contribution in [3.05, 3.63) is 66.2 Å². The number of nitrogens with zero attached hydrogens (tertiary/aromatic N) is 4. The quantitative estimate of drug-likeness (QED) is 0.432. The van der Waals surface area contributed by atoms with Crippen LogP contribution >= 0.6 is 11.8 Å². The van der Waals surface area contributed by atoms with Gasteiger partial charge in [0.05, 0.1) is 25.5 Å². The molecule has 0 radical (unpaired) electrons. The van der Waals surface area contributed by atoms with E-state index < -0.39 is 0 Å². The minimum Gasteiger partial charge on any atom is -0.497 e. The van der Waals surface area contributed by atoms with Crippen LogP contribution in [-0.4, -0.2) is 64.2 Å². The molecule has 0 aliphatic carbocycles. The van der Waals surface area contributed by atoms with E-state index in [0.29, 0.717) is 18.8 Å². The largest absolute Gasteiger partial charge is 0.497 e. The van der Waals surface area contributed by atoms with Crippen LogP contribution in [0.1, 0.15) is 24.8 Å². The zero-order chi connectivity index (χ0) is 24.0. The number of hydrogen-bond donors (Lipinski definition) is 0. The summed E-state index contributed by atoms with van der Waals surface area (Å²) in [5, 5.41) is 9.68. The lowest BCUT2D eigenvalue weighted by molar-refractivity contribution is -0.127. The molecule has 35 heavy (non-hydrogen) atoms. The Hall–Kier alpha value is -3.10. The third-order valence-electron chi connectivity index (χ3n) is 6.51. The molecule has 0 bridgehead atoms. The molecule has 2 aliphatic rings. The van der Waals surface area contributed by atoms with Crippen LogP contribution in [-0.2, 0) is 16.1 Å². The van der Waals surface area contributed by atoms with E-state index in [-0.39, 0.29) is 12.0 Å². The van der Waals surface area contributed by atoms with Crippen LogP contribution in [0.2, 0.25) is 0 Å². The number of ether oxygens (including phenoxy) is 2. The molecule has 0 saturated carbocycles. The van der Waals surface area contributed by atoms with Crippen molar-refractivity contribution in [1.29, 1.82) is 0 Å². The van der Waals surface area contributed by atoms with E-state index in [1.165, 1.54) is 22.9 Å². The highest BCUT2D eigenvalue weighted by Crippen LogP contribution is 2.28. The van der Waals surface area contributed by atoms with Crippen LogP contribution in [0.3, 0.4) is 0 Å². The fourth-order valence-corrected chi connectivity index (χ4v) is 5.38. The van der Waals surface area contributed by atoms with Crippen LogP contribution < -0.4 is 4.74 Å². The van der Waals surface area contributed by atoms with Crippen molar-refractivity contribution < 1.29 is 14.3 Å². The molecule has 3 aromatic rings. The Morgan fingerprint density at radius 1 is 1.11 bits per heavy atom. The van der Waals surface area contributed by atoms with Gasteiger partial charge in [0.25, 0.3) is 0 Å². The Labute approximate surface area is 210 Å². The number of hydrogen-bond acceptors (Lipinski definition) is 6. The van der Waals surface area contributed by atoms with Gasteiger partial charge in [-0.3, -0.25) is 9.36 Å². The molecular weight excluding hydrogens is 460 g/mol. The summed E-state index contributed by atoms with van der Waals surface area (Å²) in [5.74, 6) is 2.04. The summed E-state index contributed by atoms with van der Waals surface area (Å²) in [7, 11) is 1.65. The molecular formula is C27H30N4O3S. The number of methoxy groups -OCH3 is 1. The molecule has 0 unspecified atom stereocenters. The van der Waals surface area contributed by atoms with Gasteiger partial charge in [0, 0.05) is 25.3 Å². The van der Waals surface area contributed by atoms with Crippen LogP contribution in [0.15, 0.2) is 65.8 Å². The number of thioether (sulfide) groups is 1. The first-order valence-corrected chi connectivity index (χ1v) is 13.0. The summed E-state index contributed by atoms with van der Waals surface area (Å²) in [6.45, 7) is 2.85. The third kappa shape index (κ3) is 5.60. The fourth-order valence-electron chi connectivity index (χ4n) is 4.53. The van der Waals surface area contributed by atoms with Crippen molar-refractivity contribution >= 4 is 23.2 Å². The van der Waals surface area contributed by atoms with Crippen molar-refractivity contribution in [2.75, 3.05) is 32.6 Å². The predicted molar refractivity (Wildman–Crippen MR) is 137 cm³/mol. The Morgan fingerprint density at radius 2 is 1.94 bits per heavy atom. The van der Waals surface area contributed by atoms with Crippen molar-refractivity contribution in [3.8, 4) is 17.1 Å². The Kier molecular flexibility index (Phi) is 7.49. The van der Waals surface area contributed by atoms with E-state index in [2.05, 4.69) is 45.1 Å². The summed E-state index contributed by atoms with van der Waals surface area (Å²) in [4.78, 5) is 14.9. The van der Waals surface area contributed by atoms with Gasteiger partial charge in [-0.1, -0.05) is 48.2 Å². The molecule has 0 spiro atoms. The maximum atomic E-state index is 13.0. The first-order chi connectivity index (χ1) is 17.2. The highest BCUT2D eigenvalue weighted by Gasteiger charge is 2.24. The van der Waals surface area contributed by atoms with Crippen molar-refractivity contribution in [2.24, 2.45) is 0 Å². The second-order valence-electron chi connectivity index (χ2n) is 8.75. The molecule has 182 valence electrons. The summed E-state index contributed by atoms with van der Waals surface area (Å²) < 4.78 is 13.3. The molecule has 1 amide bonds. The first-order valence-electron chi connectivity index (χ1n) is 12.1. The molecule has 3 heterocycles. The Bertz CT molecular complexity index is 1170. The van der Waals surface area contributed by atoms with E-state index in [0.717, 1.165) is 54.7 Å². The van der Waals surface area contributed by atoms with Gasteiger partial charge in [0.15, 0.2) is 11.0 Å². The third-order valence-corrected chi connectivity index (χ3v) is 7.46. The van der Waals surface area contributed by atoms with Gasteiger partial charge in [-0.25, -0.2) is 0 Å². The zero-order valence-electron chi connectivity index (χ0n) is 19.9. The number of benzene rings is 2. The van der Waals surface area contributed by atoms with Crippen molar-refractivity contribution in [1.82, 2.24) is 19.7 Å². The van der Waals surface area contributed by atoms with Crippen molar-refractivity contribution in [2.45, 2.75) is 37.1 Å². The van der Waals surface area contributed by atoms with Crippen LogP contribution in [0.25, 0.3) is 17.0 Å². The maximum absolute atomic E-state index is 13.0. The number of aromatic nitrogens is 3. The van der Waals surface area contributed by atoms with Crippen LogP contribution in [0.4, 0.5) is 0 Å². The first kappa shape index (κ1) is 23.6. The maximum Gasteiger partial charge on any atom is 0.233 e. The van der Waals surface area contributed by atoms with Gasteiger partial charge >= 0.3 is 0 Å². The number of carbonyl (C=O) groups excluding carboxylic acids is 1. The minimum absolute atomic E-state index is 0.121. The number of carbonyl (C=O) groups is 1. The van der Waals surface area contributed by atoms with E-state index in [1.54, 1.807) is 7.11 Å². The van der Waals surface area contributed by atoms with Gasteiger partial charge in [0.2, 0.25) is 5.91 Å². The lowest BCUT2D eigenvalue weighted by atomic mass is 10.00. The smallest absolute Gasteiger partial charge is 0.233 e. The second-order valence-corrected chi connectivity index (χ2v) is 9.70. The predicted octanol–water partition coefficient (Wildman–Crippen LogP) is 4.54. The molecule has 0 N–H and O–H groups in total. The molecule has 1 fully saturated rings. The molecule has 1 saturated heterocycles. The number of amides is 1. The SMILES string of the molecule is COc1ccc(-c2nnc(SCC(=O)N3CC=C(c4ccccc4)CC3)n2C[C@@H]2CCCO2)cc1. The summed E-state index contributed by atoms with van der Waals surface area (Å²) in [6.07, 6.45) is 5.27. The Morgan fingerprint density at radius 3 is 2.63 bits per heavy atom. The summed E-state index contributed by atoms with van der Waals surface area (Å²) >= 11 is 1.45. The van der Waals surface area contributed by atoms with E-state index in [9.17, 15) is 4.79 Å². The average Bonchev–Trinajstić information content (AvgIpc) is 3.58. The van der Waals surface area contributed by atoms with E-state index in [1.807, 2.05) is 35.2 Å². The summed E-state index contributed by atoms with van der Waals surface area (Å²) in [6, 6.07) is 18.2. The molecule has 8 heteroatoms. The van der Waals surface area contributed by atoms with Gasteiger partial charge < -0.3 is 14.4 Å². The van der Waals surface area contributed by atoms with Gasteiger partial charge in [0.1, 0.15) is 5.75 Å². The number of rotatable bonds is 8. The van der Waals surface area contributed by atoms with Gasteiger partial charge in [-0.05, 0) is 54.7 Å².